The molecule has 0 aliphatic carbocycles. The second-order valence-corrected chi connectivity index (χ2v) is 10.3. The third-order valence-corrected chi connectivity index (χ3v) is 7.43. The average Bonchev–Trinajstić information content (AvgIpc) is 3.13. The monoisotopic (exact) mass is 493 g/mol. The van der Waals surface area contributed by atoms with Crippen molar-refractivity contribution < 1.29 is 55.5 Å². The third kappa shape index (κ3) is 5.66. The van der Waals surface area contributed by atoms with Crippen molar-refractivity contribution in [3.63, 3.8) is 0 Å². The molecule has 2 unspecified atom stereocenters. The molecule has 0 bridgehead atoms. The smallest absolute Gasteiger partial charge is 0.382 e. The molecule has 2 aromatic heterocycles. The molecule has 1 aliphatic heterocycles. The summed E-state index contributed by atoms with van der Waals surface area (Å²) in [5, 5.41) is 0. The van der Waals surface area contributed by atoms with Crippen LogP contribution in [-0.4, -0.2) is 58.0 Å². The zero-order valence-electron chi connectivity index (χ0n) is 14.5. The molecule has 168 valence electrons. The number of nitrogens with two attached hydrogens (primary N) is 1. The molecule has 3 rings (SSSR count). The van der Waals surface area contributed by atoms with Crippen molar-refractivity contribution in [1.82, 2.24) is 19.5 Å². The Morgan fingerprint density at radius 2 is 1.87 bits per heavy atom. The van der Waals surface area contributed by atoms with Crippen molar-refractivity contribution in [2.75, 3.05) is 12.3 Å². The summed E-state index contributed by atoms with van der Waals surface area (Å²) >= 11 is 0. The molecule has 1 saturated heterocycles. The fourth-order valence-electron chi connectivity index (χ4n) is 2.59. The van der Waals surface area contributed by atoms with E-state index in [2.05, 4.69) is 28.1 Å². The van der Waals surface area contributed by atoms with Crippen LogP contribution in [0.5, 0.6) is 0 Å². The summed E-state index contributed by atoms with van der Waals surface area (Å²) in [6, 6.07) is 0. The van der Waals surface area contributed by atoms with Gasteiger partial charge in [-0.15, -0.1) is 0 Å². The highest BCUT2D eigenvalue weighted by Crippen LogP contribution is 2.66. The highest BCUT2D eigenvalue weighted by atomic mass is 31.3. The number of imidazole rings is 1. The van der Waals surface area contributed by atoms with Crippen LogP contribution >= 0.6 is 23.5 Å². The number of aromatic nitrogens is 4. The van der Waals surface area contributed by atoms with Crippen LogP contribution in [0.15, 0.2) is 12.7 Å². The number of anilines is 1. The van der Waals surface area contributed by atoms with E-state index in [-0.39, 0.29) is 23.4 Å². The van der Waals surface area contributed by atoms with Gasteiger partial charge in [0.25, 0.3) is 0 Å². The van der Waals surface area contributed by atoms with Gasteiger partial charge in [-0.1, -0.05) is 0 Å². The number of phosphoric acid groups is 3. The minimum atomic E-state index is -5.65. The number of alkyl halides is 1. The van der Waals surface area contributed by atoms with Crippen molar-refractivity contribution >= 4 is 40.4 Å². The maximum Gasteiger partial charge on any atom is 0.490 e. The normalized spacial score (nSPS) is 26.5. The molecule has 6 N–H and O–H groups in total. The first-order chi connectivity index (χ1) is 13.8. The number of ether oxygens (including phenoxy) is 1. The van der Waals surface area contributed by atoms with Crippen molar-refractivity contribution in [1.29, 1.82) is 0 Å². The lowest BCUT2D eigenvalue weighted by Crippen LogP contribution is -2.17. The van der Waals surface area contributed by atoms with Crippen molar-refractivity contribution in [2.24, 2.45) is 0 Å². The van der Waals surface area contributed by atoms with E-state index in [4.69, 9.17) is 25.2 Å². The minimum Gasteiger partial charge on any atom is -0.382 e. The molecule has 0 spiro atoms. The molecule has 0 radical (unpaired) electrons. The van der Waals surface area contributed by atoms with Gasteiger partial charge in [0, 0.05) is 6.42 Å². The van der Waals surface area contributed by atoms with E-state index in [9.17, 15) is 23.0 Å². The van der Waals surface area contributed by atoms with Gasteiger partial charge in [0.1, 0.15) is 18.0 Å². The van der Waals surface area contributed by atoms with Crippen molar-refractivity contribution in [3.05, 3.63) is 12.7 Å². The maximum absolute atomic E-state index is 14.4. The molecule has 20 heteroatoms. The van der Waals surface area contributed by atoms with E-state index in [1.807, 2.05) is 0 Å². The summed E-state index contributed by atoms with van der Waals surface area (Å²) in [7, 11) is -16.5. The van der Waals surface area contributed by atoms with Gasteiger partial charge < -0.3 is 30.0 Å². The van der Waals surface area contributed by atoms with Crippen LogP contribution in [0.3, 0.4) is 0 Å². The van der Waals surface area contributed by atoms with E-state index >= 15 is 0 Å². The first-order valence-electron chi connectivity index (χ1n) is 7.77. The van der Waals surface area contributed by atoms with Crippen LogP contribution in [0.2, 0.25) is 0 Å². The summed E-state index contributed by atoms with van der Waals surface area (Å²) in [6.45, 7) is -0.773. The third-order valence-electron chi connectivity index (χ3n) is 3.63. The Morgan fingerprint density at radius 3 is 2.53 bits per heavy atom. The number of rotatable bonds is 8. The largest absolute Gasteiger partial charge is 0.490 e. The molecule has 2 aromatic rings. The maximum atomic E-state index is 14.4. The molecule has 16 nitrogen and oxygen atoms in total. The van der Waals surface area contributed by atoms with Crippen LogP contribution in [0.25, 0.3) is 11.2 Å². The van der Waals surface area contributed by atoms with Gasteiger partial charge in [-0.2, -0.15) is 8.62 Å². The summed E-state index contributed by atoms with van der Waals surface area (Å²) in [6.07, 6.45) is -1.90. The lowest BCUT2D eigenvalue weighted by Gasteiger charge is -2.18. The number of phosphoric ester groups is 1. The summed E-state index contributed by atoms with van der Waals surface area (Å²) < 4.78 is 66.3. The minimum absolute atomic E-state index is 0.0661. The zero-order chi connectivity index (χ0) is 22.3. The van der Waals surface area contributed by atoms with Crippen LogP contribution in [-0.2, 0) is 31.6 Å². The number of fused-ring (bicyclic) bond motifs is 1. The Kier molecular flexibility index (Phi) is 6.45. The lowest BCUT2D eigenvalue weighted by atomic mass is 10.2. The van der Waals surface area contributed by atoms with Crippen LogP contribution in [0.1, 0.15) is 12.6 Å². The number of hydrogen-bond acceptors (Lipinski definition) is 11. The second-order valence-electron chi connectivity index (χ2n) is 5.87. The van der Waals surface area contributed by atoms with Gasteiger partial charge in [0.2, 0.25) is 0 Å². The number of halogens is 1. The van der Waals surface area contributed by atoms with Crippen molar-refractivity contribution in [2.45, 2.75) is 24.9 Å². The molecular formula is C10H15FN5O11P3. The van der Waals surface area contributed by atoms with E-state index in [1.165, 1.54) is 10.9 Å². The number of nitrogen functional groups attached to an aromatic ring is 1. The summed E-state index contributed by atoms with van der Waals surface area (Å²) in [4.78, 5) is 47.2. The SMILES string of the molecule is Nc1ncnc2c1ncn2[C@@H]1O[C@H](COP(=O)(O)OP(=O)(O)OP(=O)(O)O)C[C@@H]1F. The average molecular weight is 493 g/mol. The van der Waals surface area contributed by atoms with E-state index in [0.29, 0.717) is 0 Å². The van der Waals surface area contributed by atoms with Gasteiger partial charge in [-0.05, 0) is 0 Å². The molecule has 0 amide bonds. The highest BCUT2D eigenvalue weighted by molar-refractivity contribution is 7.66. The molecule has 3 heterocycles. The Balaban J connectivity index is 1.63. The quantitative estimate of drug-likeness (QED) is 0.312. The van der Waals surface area contributed by atoms with Crippen LogP contribution in [0, 0.1) is 0 Å². The highest BCUT2D eigenvalue weighted by Gasteiger charge is 2.43. The Hall–Kier alpha value is -1.35. The first kappa shape index (κ1) is 23.3. The second kappa shape index (κ2) is 8.30. The predicted molar refractivity (Wildman–Crippen MR) is 93.0 cm³/mol. The fourth-order valence-corrected chi connectivity index (χ4v) is 5.64. The van der Waals surface area contributed by atoms with Crippen LogP contribution < -0.4 is 5.73 Å². The molecular weight excluding hydrogens is 478 g/mol. The number of hydrogen-bond donors (Lipinski definition) is 5. The van der Waals surface area contributed by atoms with E-state index in [1.54, 1.807) is 0 Å². The standard InChI is InChI=1S/C10H15FN5O11P3/c11-6-1-5(2-24-29(20,21)27-30(22,23)26-28(17,18)19)25-10(6)16-4-15-7-8(12)13-3-14-9(7)16/h3-6,10H,1-2H2,(H,20,21)(H,22,23)(H2,12,13,14)(H2,17,18,19)/t5-,6-,10+/m0/s1. The van der Waals surface area contributed by atoms with Crippen LogP contribution in [0.4, 0.5) is 10.2 Å². The molecule has 30 heavy (non-hydrogen) atoms. The molecule has 1 fully saturated rings. The predicted octanol–water partition coefficient (Wildman–Crippen LogP) is 0.377. The fraction of sp³-hybridized carbons (Fsp3) is 0.500. The van der Waals surface area contributed by atoms with Gasteiger partial charge in [-0.3, -0.25) is 9.09 Å². The van der Waals surface area contributed by atoms with Crippen molar-refractivity contribution in [3.8, 4) is 0 Å². The Morgan fingerprint density at radius 1 is 1.17 bits per heavy atom. The van der Waals surface area contributed by atoms with E-state index < -0.39 is 48.6 Å². The summed E-state index contributed by atoms with van der Waals surface area (Å²) in [5.74, 6) is 0.0661. The zero-order valence-corrected chi connectivity index (χ0v) is 17.2. The lowest BCUT2D eigenvalue weighted by molar-refractivity contribution is -0.0346. The molecule has 1 aliphatic rings. The number of nitrogens with zero attached hydrogens (tertiary/aromatic N) is 4. The topological polar surface area (TPSA) is 239 Å². The van der Waals surface area contributed by atoms with E-state index in [0.717, 1.165) is 6.33 Å². The molecule has 0 aromatic carbocycles. The summed E-state index contributed by atoms with van der Waals surface area (Å²) in [5.41, 5.74) is 6.05. The molecule has 5 atom stereocenters. The molecule has 0 saturated carbocycles. The van der Waals surface area contributed by atoms with Gasteiger partial charge >= 0.3 is 23.5 Å². The van der Waals surface area contributed by atoms with Gasteiger partial charge in [-0.25, -0.2) is 33.0 Å². The van der Waals surface area contributed by atoms with Gasteiger partial charge in [0.15, 0.2) is 17.7 Å². The first-order valence-corrected chi connectivity index (χ1v) is 12.3. The Bertz CT molecular complexity index is 1080. The Labute approximate surface area is 166 Å². The van der Waals surface area contributed by atoms with Gasteiger partial charge in [0.05, 0.1) is 19.0 Å².